The molecule has 1 heterocycles. The molecule has 3 nitrogen and oxygen atoms in total. The van der Waals surface area contributed by atoms with Gasteiger partial charge in [0.05, 0.1) is 6.42 Å². The summed E-state index contributed by atoms with van der Waals surface area (Å²) in [6, 6.07) is 7.90. The summed E-state index contributed by atoms with van der Waals surface area (Å²) in [5, 5.41) is 9.70. The fraction of sp³-hybridized carbons (Fsp3) is 0.182. The zero-order chi connectivity index (χ0) is 10.1. The summed E-state index contributed by atoms with van der Waals surface area (Å²) in [5.74, 6) is -0.812. The Bertz CT molecular complexity index is 485. The summed E-state index contributed by atoms with van der Waals surface area (Å²) in [7, 11) is 0. The fourth-order valence-corrected chi connectivity index (χ4v) is 1.57. The van der Waals surface area contributed by atoms with Gasteiger partial charge in [0, 0.05) is 11.2 Å². The van der Waals surface area contributed by atoms with Crippen LogP contribution in [0.1, 0.15) is 11.3 Å². The van der Waals surface area contributed by atoms with E-state index in [0.717, 1.165) is 16.6 Å². The highest BCUT2D eigenvalue weighted by Crippen LogP contribution is 2.17. The van der Waals surface area contributed by atoms with Crippen molar-refractivity contribution in [2.24, 2.45) is 0 Å². The van der Waals surface area contributed by atoms with Gasteiger partial charge < -0.3 is 10.1 Å². The number of aromatic amines is 1. The first-order valence-electron chi connectivity index (χ1n) is 4.45. The van der Waals surface area contributed by atoms with Crippen LogP contribution in [0, 0.1) is 6.92 Å². The van der Waals surface area contributed by atoms with Gasteiger partial charge in [-0.05, 0) is 30.5 Å². The van der Waals surface area contributed by atoms with Gasteiger partial charge in [-0.3, -0.25) is 4.79 Å². The molecule has 0 spiro atoms. The van der Waals surface area contributed by atoms with Crippen LogP contribution >= 0.6 is 0 Å². The molecule has 0 aliphatic heterocycles. The number of rotatable bonds is 2. The number of aliphatic carboxylic acids is 1. The van der Waals surface area contributed by atoms with Gasteiger partial charge in [0.15, 0.2) is 0 Å². The SMILES string of the molecule is Cc1ccc2[nH]c(CC(=O)O)cc2c1. The Labute approximate surface area is 81.4 Å². The Kier molecular flexibility index (Phi) is 2.00. The zero-order valence-electron chi connectivity index (χ0n) is 7.87. The van der Waals surface area contributed by atoms with Crippen LogP contribution < -0.4 is 0 Å². The Balaban J connectivity index is 2.46. The van der Waals surface area contributed by atoms with Crippen LogP contribution in [0.15, 0.2) is 24.3 Å². The maximum atomic E-state index is 10.5. The summed E-state index contributed by atoms with van der Waals surface area (Å²) in [4.78, 5) is 13.6. The normalized spacial score (nSPS) is 10.6. The van der Waals surface area contributed by atoms with Crippen molar-refractivity contribution >= 4 is 16.9 Å². The van der Waals surface area contributed by atoms with Gasteiger partial charge in [0.1, 0.15) is 0 Å². The predicted molar refractivity (Wildman–Crippen MR) is 54.4 cm³/mol. The van der Waals surface area contributed by atoms with E-state index < -0.39 is 5.97 Å². The van der Waals surface area contributed by atoms with Crippen molar-refractivity contribution in [2.45, 2.75) is 13.3 Å². The van der Waals surface area contributed by atoms with Crippen LogP contribution in [0.4, 0.5) is 0 Å². The largest absolute Gasteiger partial charge is 0.481 e. The molecule has 2 N–H and O–H groups in total. The number of carboxylic acid groups (broad SMARTS) is 1. The number of carboxylic acids is 1. The minimum Gasteiger partial charge on any atom is -0.481 e. The van der Waals surface area contributed by atoms with Crippen molar-refractivity contribution in [1.82, 2.24) is 4.98 Å². The molecule has 0 bridgehead atoms. The molecule has 0 saturated carbocycles. The van der Waals surface area contributed by atoms with Crippen molar-refractivity contribution in [3.8, 4) is 0 Å². The Morgan fingerprint density at radius 1 is 1.43 bits per heavy atom. The molecule has 0 unspecified atom stereocenters. The monoisotopic (exact) mass is 189 g/mol. The molecule has 2 rings (SSSR count). The maximum Gasteiger partial charge on any atom is 0.309 e. The topological polar surface area (TPSA) is 53.1 Å². The Morgan fingerprint density at radius 2 is 2.21 bits per heavy atom. The second kappa shape index (κ2) is 3.18. The highest BCUT2D eigenvalue weighted by molar-refractivity contribution is 5.82. The quantitative estimate of drug-likeness (QED) is 0.760. The molecule has 0 aliphatic carbocycles. The van der Waals surface area contributed by atoms with Gasteiger partial charge >= 0.3 is 5.97 Å². The lowest BCUT2D eigenvalue weighted by molar-refractivity contribution is -0.136. The third-order valence-electron chi connectivity index (χ3n) is 2.17. The molecule has 72 valence electrons. The molecule has 0 radical (unpaired) electrons. The van der Waals surface area contributed by atoms with E-state index in [1.165, 1.54) is 5.56 Å². The lowest BCUT2D eigenvalue weighted by Gasteiger charge is -1.90. The highest BCUT2D eigenvalue weighted by Gasteiger charge is 2.04. The van der Waals surface area contributed by atoms with Gasteiger partial charge in [-0.15, -0.1) is 0 Å². The molecule has 14 heavy (non-hydrogen) atoms. The van der Waals surface area contributed by atoms with E-state index >= 15 is 0 Å². The van der Waals surface area contributed by atoms with Crippen molar-refractivity contribution in [3.05, 3.63) is 35.5 Å². The van der Waals surface area contributed by atoms with Crippen LogP contribution in [0.2, 0.25) is 0 Å². The summed E-state index contributed by atoms with van der Waals surface area (Å²) >= 11 is 0. The molecule has 0 atom stereocenters. The Hall–Kier alpha value is -1.77. The van der Waals surface area contributed by atoms with E-state index in [1.807, 2.05) is 31.2 Å². The van der Waals surface area contributed by atoms with Gasteiger partial charge in [-0.2, -0.15) is 0 Å². The summed E-state index contributed by atoms with van der Waals surface area (Å²) in [6.45, 7) is 2.02. The fourth-order valence-electron chi connectivity index (χ4n) is 1.57. The molecule has 0 saturated heterocycles. The van der Waals surface area contributed by atoms with Crippen molar-refractivity contribution < 1.29 is 9.90 Å². The molecular weight excluding hydrogens is 178 g/mol. The first-order chi connectivity index (χ1) is 6.65. The molecule has 0 amide bonds. The van der Waals surface area contributed by atoms with Crippen molar-refractivity contribution in [1.29, 1.82) is 0 Å². The number of carbonyl (C=O) groups is 1. The number of hydrogen-bond acceptors (Lipinski definition) is 1. The van der Waals surface area contributed by atoms with Crippen molar-refractivity contribution in [3.63, 3.8) is 0 Å². The lowest BCUT2D eigenvalue weighted by Crippen LogP contribution is -1.99. The average molecular weight is 189 g/mol. The summed E-state index contributed by atoms with van der Waals surface area (Å²) < 4.78 is 0. The molecule has 0 aliphatic rings. The third kappa shape index (κ3) is 1.62. The first-order valence-corrected chi connectivity index (χ1v) is 4.45. The lowest BCUT2D eigenvalue weighted by atomic mass is 10.2. The number of nitrogens with one attached hydrogen (secondary N) is 1. The number of H-pyrrole nitrogens is 1. The van der Waals surface area contributed by atoms with Crippen LogP contribution in [0.3, 0.4) is 0 Å². The first kappa shape index (κ1) is 8.81. The van der Waals surface area contributed by atoms with Gasteiger partial charge in [0.2, 0.25) is 0 Å². The van der Waals surface area contributed by atoms with E-state index in [2.05, 4.69) is 4.98 Å². The van der Waals surface area contributed by atoms with Gasteiger partial charge in [-0.1, -0.05) is 11.6 Å². The third-order valence-corrected chi connectivity index (χ3v) is 2.17. The van der Waals surface area contributed by atoms with Crippen LogP contribution in [0.25, 0.3) is 10.9 Å². The second-order valence-corrected chi connectivity index (χ2v) is 3.46. The molecule has 3 heteroatoms. The molecule has 0 fully saturated rings. The van der Waals surface area contributed by atoms with E-state index in [1.54, 1.807) is 0 Å². The van der Waals surface area contributed by atoms with Crippen molar-refractivity contribution in [2.75, 3.05) is 0 Å². The van der Waals surface area contributed by atoms with Crippen LogP contribution in [0.5, 0.6) is 0 Å². The Morgan fingerprint density at radius 3 is 2.93 bits per heavy atom. The maximum absolute atomic E-state index is 10.5. The number of aryl methyl sites for hydroxylation is 1. The number of aromatic nitrogens is 1. The van der Waals surface area contributed by atoms with Gasteiger partial charge in [0.25, 0.3) is 0 Å². The van der Waals surface area contributed by atoms with Crippen LogP contribution in [-0.2, 0) is 11.2 Å². The second-order valence-electron chi connectivity index (χ2n) is 3.46. The van der Waals surface area contributed by atoms with E-state index in [9.17, 15) is 4.79 Å². The summed E-state index contributed by atoms with van der Waals surface area (Å²) in [5.41, 5.74) is 2.92. The van der Waals surface area contributed by atoms with E-state index in [-0.39, 0.29) is 6.42 Å². The minimum atomic E-state index is -0.812. The smallest absolute Gasteiger partial charge is 0.309 e. The summed E-state index contributed by atoms with van der Waals surface area (Å²) in [6.07, 6.45) is 0.0493. The van der Waals surface area contributed by atoms with Gasteiger partial charge in [-0.25, -0.2) is 0 Å². The average Bonchev–Trinajstić information content (AvgIpc) is 2.44. The zero-order valence-corrected chi connectivity index (χ0v) is 7.87. The van der Waals surface area contributed by atoms with E-state index in [0.29, 0.717) is 0 Å². The number of fused-ring (bicyclic) bond motifs is 1. The van der Waals surface area contributed by atoms with Crippen LogP contribution in [-0.4, -0.2) is 16.1 Å². The van der Waals surface area contributed by atoms with E-state index in [4.69, 9.17) is 5.11 Å². The molecule has 2 aromatic rings. The highest BCUT2D eigenvalue weighted by atomic mass is 16.4. The molecule has 1 aromatic carbocycles. The predicted octanol–water partition coefficient (Wildman–Crippen LogP) is 2.10. The number of benzene rings is 1. The minimum absolute atomic E-state index is 0.0493. The standard InChI is InChI=1S/C11H11NO2/c1-7-2-3-10-8(4-7)5-9(12-10)6-11(13)14/h2-5,12H,6H2,1H3,(H,13,14). The number of hydrogen-bond donors (Lipinski definition) is 2. The molecule has 1 aromatic heterocycles. The molecular formula is C11H11NO2.